The predicted molar refractivity (Wildman–Crippen MR) is 89.9 cm³/mol. The molecule has 0 N–H and O–H groups in total. The number of rotatable bonds is 12. The summed E-state index contributed by atoms with van der Waals surface area (Å²) < 4.78 is 17.4. The summed E-state index contributed by atoms with van der Waals surface area (Å²) in [5, 5.41) is 0. The number of ether oxygens (including phenoxy) is 3. The van der Waals surface area contributed by atoms with E-state index in [4.69, 9.17) is 14.2 Å². The van der Waals surface area contributed by atoms with Crippen LogP contribution < -0.4 is 0 Å². The van der Waals surface area contributed by atoms with Crippen LogP contribution in [0.15, 0.2) is 12.8 Å². The Hall–Kier alpha value is -0.540. The highest BCUT2D eigenvalue weighted by atomic mass is 16.6. The minimum Gasteiger partial charge on any atom is -0.502 e. The molecule has 0 amide bonds. The fraction of sp³-hybridized carbons (Fsp3) is 0.895. The molecule has 0 bridgehead atoms. The summed E-state index contributed by atoms with van der Waals surface area (Å²) in [7, 11) is 0. The minimum atomic E-state index is -0.00937. The van der Waals surface area contributed by atoms with Crippen molar-refractivity contribution in [1.29, 1.82) is 0 Å². The van der Waals surface area contributed by atoms with E-state index in [1.165, 1.54) is 57.8 Å². The van der Waals surface area contributed by atoms with Crippen LogP contribution in [0.25, 0.3) is 0 Å². The van der Waals surface area contributed by atoms with Gasteiger partial charge in [0.25, 0.3) is 0 Å². The molecule has 3 nitrogen and oxygen atoms in total. The molecule has 1 aliphatic carbocycles. The largest absolute Gasteiger partial charge is 0.502 e. The fourth-order valence-electron chi connectivity index (χ4n) is 3.84. The Morgan fingerprint density at radius 2 is 1.95 bits per heavy atom. The lowest BCUT2D eigenvalue weighted by Crippen LogP contribution is -2.44. The summed E-state index contributed by atoms with van der Waals surface area (Å²) in [6.07, 6.45) is 14.6. The molecule has 22 heavy (non-hydrogen) atoms. The zero-order chi connectivity index (χ0) is 15.7. The zero-order valence-corrected chi connectivity index (χ0v) is 14.4. The zero-order valence-electron chi connectivity index (χ0n) is 14.4. The van der Waals surface area contributed by atoms with Crippen molar-refractivity contribution in [1.82, 2.24) is 0 Å². The van der Waals surface area contributed by atoms with E-state index in [0.29, 0.717) is 12.0 Å². The van der Waals surface area contributed by atoms with Gasteiger partial charge in [-0.3, -0.25) is 0 Å². The Kier molecular flexibility index (Phi) is 7.74. The standard InChI is InChI=1S/C19H34O3/c1-3-5-9-12-19(13-14-20-4-2,22-16-18-15-21-18)17-10-7-6-8-11-17/h4,17-18H,2-3,5-16H2,1H3. The normalized spacial score (nSPS) is 24.7. The average molecular weight is 310 g/mol. The Morgan fingerprint density at radius 3 is 2.59 bits per heavy atom. The topological polar surface area (TPSA) is 31.0 Å². The second-order valence-electron chi connectivity index (χ2n) is 6.91. The van der Waals surface area contributed by atoms with Crippen LogP contribution in [0.4, 0.5) is 0 Å². The maximum Gasteiger partial charge on any atom is 0.104 e. The van der Waals surface area contributed by atoms with Gasteiger partial charge >= 0.3 is 0 Å². The smallest absolute Gasteiger partial charge is 0.104 e. The molecule has 0 aromatic heterocycles. The third kappa shape index (κ3) is 5.58. The minimum absolute atomic E-state index is 0.00937. The van der Waals surface area contributed by atoms with Crippen molar-refractivity contribution >= 4 is 0 Å². The van der Waals surface area contributed by atoms with Gasteiger partial charge in [-0.2, -0.15) is 0 Å². The maximum atomic E-state index is 6.55. The van der Waals surface area contributed by atoms with Crippen LogP contribution >= 0.6 is 0 Å². The van der Waals surface area contributed by atoms with E-state index in [2.05, 4.69) is 13.5 Å². The summed E-state index contributed by atoms with van der Waals surface area (Å²) in [5.74, 6) is 0.685. The number of hydrogen-bond acceptors (Lipinski definition) is 3. The second kappa shape index (κ2) is 9.57. The average Bonchev–Trinajstić information content (AvgIpc) is 3.38. The Morgan fingerprint density at radius 1 is 1.18 bits per heavy atom. The predicted octanol–water partition coefficient (Wildman–Crippen LogP) is 4.85. The van der Waals surface area contributed by atoms with Gasteiger partial charge in [-0.15, -0.1) is 0 Å². The lowest BCUT2D eigenvalue weighted by molar-refractivity contribution is -0.119. The lowest BCUT2D eigenvalue weighted by atomic mass is 9.72. The van der Waals surface area contributed by atoms with Crippen LogP contribution in [0, 0.1) is 5.92 Å². The lowest BCUT2D eigenvalue weighted by Gasteiger charge is -2.43. The molecule has 1 aliphatic heterocycles. The molecule has 2 aliphatic rings. The van der Waals surface area contributed by atoms with Gasteiger partial charge in [-0.25, -0.2) is 0 Å². The van der Waals surface area contributed by atoms with E-state index >= 15 is 0 Å². The van der Waals surface area contributed by atoms with Gasteiger partial charge in [0.2, 0.25) is 0 Å². The molecule has 3 heteroatoms. The maximum absolute atomic E-state index is 6.55. The molecule has 0 aromatic carbocycles. The van der Waals surface area contributed by atoms with Crippen LogP contribution in [-0.2, 0) is 14.2 Å². The molecule has 0 radical (unpaired) electrons. The highest BCUT2D eigenvalue weighted by Crippen LogP contribution is 2.41. The molecule has 2 fully saturated rings. The van der Waals surface area contributed by atoms with Crippen molar-refractivity contribution in [3.8, 4) is 0 Å². The molecule has 2 unspecified atom stereocenters. The van der Waals surface area contributed by atoms with Gasteiger partial charge in [0.05, 0.1) is 31.7 Å². The van der Waals surface area contributed by atoms with Crippen molar-refractivity contribution in [2.24, 2.45) is 5.92 Å². The molecule has 1 heterocycles. The van der Waals surface area contributed by atoms with E-state index in [9.17, 15) is 0 Å². The first-order valence-corrected chi connectivity index (χ1v) is 9.29. The van der Waals surface area contributed by atoms with Gasteiger partial charge in [-0.05, 0) is 25.2 Å². The summed E-state index contributed by atoms with van der Waals surface area (Å²) in [4.78, 5) is 0. The van der Waals surface area contributed by atoms with Gasteiger partial charge in [-0.1, -0.05) is 52.0 Å². The molecule has 128 valence electrons. The molecule has 2 rings (SSSR count). The third-order valence-corrected chi connectivity index (χ3v) is 5.27. The SMILES string of the molecule is C=COCCC(CCCCC)(OCC1CO1)C1CCCCC1. The van der Waals surface area contributed by atoms with E-state index in [1.807, 2.05) is 0 Å². The molecule has 1 saturated heterocycles. The van der Waals surface area contributed by atoms with Crippen molar-refractivity contribution in [2.45, 2.75) is 82.8 Å². The molecule has 0 aromatic rings. The van der Waals surface area contributed by atoms with Gasteiger partial charge in [0.1, 0.15) is 6.10 Å². The van der Waals surface area contributed by atoms with Crippen molar-refractivity contribution < 1.29 is 14.2 Å². The highest BCUT2D eigenvalue weighted by Gasteiger charge is 2.41. The first-order valence-electron chi connectivity index (χ1n) is 9.29. The monoisotopic (exact) mass is 310 g/mol. The van der Waals surface area contributed by atoms with Gasteiger partial charge < -0.3 is 14.2 Å². The van der Waals surface area contributed by atoms with Gasteiger partial charge in [0, 0.05) is 6.42 Å². The molecular weight excluding hydrogens is 276 g/mol. The summed E-state index contributed by atoms with van der Waals surface area (Å²) in [5.41, 5.74) is -0.00937. The van der Waals surface area contributed by atoms with Crippen LogP contribution in [0.5, 0.6) is 0 Å². The Labute approximate surface area is 136 Å². The summed E-state index contributed by atoms with van der Waals surface area (Å²) in [6, 6.07) is 0. The van der Waals surface area contributed by atoms with Crippen LogP contribution in [0.2, 0.25) is 0 Å². The van der Waals surface area contributed by atoms with Crippen LogP contribution in [0.3, 0.4) is 0 Å². The molecule has 2 atom stereocenters. The molecule has 1 saturated carbocycles. The summed E-state index contributed by atoms with van der Waals surface area (Å²) >= 11 is 0. The quantitative estimate of drug-likeness (QED) is 0.293. The second-order valence-corrected chi connectivity index (χ2v) is 6.91. The first kappa shape index (κ1) is 17.8. The van der Waals surface area contributed by atoms with E-state index < -0.39 is 0 Å². The van der Waals surface area contributed by atoms with Crippen LogP contribution in [0.1, 0.15) is 71.1 Å². The van der Waals surface area contributed by atoms with Crippen LogP contribution in [-0.4, -0.2) is 31.5 Å². The number of epoxide rings is 1. The van der Waals surface area contributed by atoms with E-state index in [-0.39, 0.29) is 5.60 Å². The third-order valence-electron chi connectivity index (χ3n) is 5.27. The van der Waals surface area contributed by atoms with E-state index in [0.717, 1.165) is 26.2 Å². The van der Waals surface area contributed by atoms with Crippen molar-refractivity contribution in [2.75, 3.05) is 19.8 Å². The summed E-state index contributed by atoms with van der Waals surface area (Å²) in [6.45, 7) is 8.29. The van der Waals surface area contributed by atoms with Crippen molar-refractivity contribution in [3.05, 3.63) is 12.8 Å². The Bertz CT molecular complexity index is 308. The number of hydrogen-bond donors (Lipinski definition) is 0. The Balaban J connectivity index is 2.00. The van der Waals surface area contributed by atoms with Crippen molar-refractivity contribution in [3.63, 3.8) is 0 Å². The molecular formula is C19H34O3. The molecule has 0 spiro atoms. The fourth-order valence-corrected chi connectivity index (χ4v) is 3.84. The van der Waals surface area contributed by atoms with Gasteiger partial charge in [0.15, 0.2) is 0 Å². The number of unbranched alkanes of at least 4 members (excludes halogenated alkanes) is 2. The van der Waals surface area contributed by atoms with E-state index in [1.54, 1.807) is 6.26 Å². The highest BCUT2D eigenvalue weighted by molar-refractivity contribution is 4.91. The first-order chi connectivity index (χ1) is 10.8.